The molecular formula is C42H60N2O6. The van der Waals surface area contributed by atoms with Gasteiger partial charge in [-0.2, -0.15) is 0 Å². The van der Waals surface area contributed by atoms with E-state index in [2.05, 4.69) is 83.1 Å². The Morgan fingerprint density at radius 1 is 0.700 bits per heavy atom. The Kier molecular flexibility index (Phi) is 11.4. The van der Waals surface area contributed by atoms with Gasteiger partial charge in [0.1, 0.15) is 22.8 Å². The number of phenolic OH excluding ortho intramolecular Hbond substituents is 1. The Hall–Kier alpha value is -3.91. The molecule has 1 atom stereocenters. The number of hydrogen-bond donors (Lipinski definition) is 2. The summed E-state index contributed by atoms with van der Waals surface area (Å²) in [4.78, 5) is 16.1. The quantitative estimate of drug-likeness (QED) is 0.131. The smallest absolute Gasteiger partial charge is 0.270 e. The van der Waals surface area contributed by atoms with Crippen molar-refractivity contribution in [1.82, 2.24) is 0 Å². The number of nitro groups is 1. The summed E-state index contributed by atoms with van der Waals surface area (Å²) >= 11 is 0. The van der Waals surface area contributed by atoms with Gasteiger partial charge in [0.15, 0.2) is 0 Å². The van der Waals surface area contributed by atoms with Gasteiger partial charge in [-0.25, -0.2) is 0 Å². The van der Waals surface area contributed by atoms with Gasteiger partial charge < -0.3 is 19.7 Å². The van der Waals surface area contributed by atoms with Crippen LogP contribution in [0.2, 0.25) is 0 Å². The largest absolute Gasteiger partial charge is 0.507 e. The lowest BCUT2D eigenvalue weighted by Gasteiger charge is -2.41. The molecule has 8 nitrogen and oxygen atoms in total. The van der Waals surface area contributed by atoms with Crippen LogP contribution in [0.15, 0.2) is 47.5 Å². The lowest BCUT2D eigenvalue weighted by Crippen LogP contribution is -2.44. The van der Waals surface area contributed by atoms with Gasteiger partial charge in [-0.05, 0) is 69.0 Å². The predicted molar refractivity (Wildman–Crippen MR) is 205 cm³/mol. The fourth-order valence-electron chi connectivity index (χ4n) is 6.56. The van der Waals surface area contributed by atoms with Crippen molar-refractivity contribution < 1.29 is 24.6 Å². The van der Waals surface area contributed by atoms with Gasteiger partial charge in [0, 0.05) is 46.2 Å². The van der Waals surface area contributed by atoms with E-state index in [4.69, 9.17) is 14.5 Å². The van der Waals surface area contributed by atoms with Crippen LogP contribution in [0.5, 0.6) is 17.2 Å². The normalized spacial score (nSPS) is 14.0. The molecule has 0 aliphatic carbocycles. The molecule has 8 heteroatoms. The van der Waals surface area contributed by atoms with Crippen LogP contribution in [-0.4, -0.2) is 41.6 Å². The van der Waals surface area contributed by atoms with Crippen LogP contribution in [0.25, 0.3) is 0 Å². The molecule has 3 aromatic rings. The third kappa shape index (κ3) is 8.17. The van der Waals surface area contributed by atoms with Crippen molar-refractivity contribution in [2.24, 2.45) is 10.9 Å². The highest BCUT2D eigenvalue weighted by molar-refractivity contribution is 5.84. The first-order valence-corrected chi connectivity index (χ1v) is 17.4. The number of aromatic hydroxyl groups is 1. The summed E-state index contributed by atoms with van der Waals surface area (Å²) in [6.45, 7) is 29.6. The van der Waals surface area contributed by atoms with Crippen LogP contribution in [-0.2, 0) is 27.3 Å². The number of ether oxygens (including phenoxy) is 2. The number of nitrogens with zero attached hydrogens (tertiary/aromatic N) is 2. The minimum atomic E-state index is -1.72. The van der Waals surface area contributed by atoms with Crippen LogP contribution in [0, 0.1) is 16.0 Å². The number of nitro benzene ring substituents is 1. The molecule has 0 fully saturated rings. The molecule has 0 aliphatic rings. The SMILES string of the molecule is COc1c(C(C)(C)C)cc(C(O)(c2cc(C(C)(C)C)c(OC)c(C(C)(C)C)c2)C(N=Cc2cc([N+](=O)[O-])ccc2O)C(C)C)cc1C(C)(C)C. The highest BCUT2D eigenvalue weighted by Crippen LogP contribution is 2.49. The van der Waals surface area contributed by atoms with Crippen molar-refractivity contribution in [3.63, 3.8) is 0 Å². The van der Waals surface area contributed by atoms with Gasteiger partial charge in [0.25, 0.3) is 5.69 Å². The van der Waals surface area contributed by atoms with Crippen molar-refractivity contribution in [3.8, 4) is 17.2 Å². The summed E-state index contributed by atoms with van der Waals surface area (Å²) in [6.07, 6.45) is 1.44. The van der Waals surface area contributed by atoms with Crippen molar-refractivity contribution in [2.45, 2.75) is 130 Å². The maximum Gasteiger partial charge on any atom is 0.270 e. The van der Waals surface area contributed by atoms with E-state index in [1.165, 1.54) is 24.4 Å². The maximum absolute atomic E-state index is 13.8. The van der Waals surface area contributed by atoms with Crippen molar-refractivity contribution >= 4 is 11.9 Å². The fraction of sp³-hybridized carbons (Fsp3) is 0.548. The molecule has 0 amide bonds. The van der Waals surface area contributed by atoms with E-state index in [-0.39, 0.29) is 44.6 Å². The Bertz CT molecular complexity index is 1590. The van der Waals surface area contributed by atoms with Crippen LogP contribution >= 0.6 is 0 Å². The van der Waals surface area contributed by atoms with E-state index in [9.17, 15) is 20.3 Å². The van der Waals surface area contributed by atoms with Crippen molar-refractivity contribution in [1.29, 1.82) is 0 Å². The van der Waals surface area contributed by atoms with Crippen LogP contribution in [0.4, 0.5) is 5.69 Å². The van der Waals surface area contributed by atoms with E-state index < -0.39 is 16.6 Å². The number of aliphatic hydroxyl groups is 1. The molecule has 0 aliphatic heterocycles. The van der Waals surface area contributed by atoms with Gasteiger partial charge in [-0.1, -0.05) is 96.9 Å². The Morgan fingerprint density at radius 2 is 1.06 bits per heavy atom. The van der Waals surface area contributed by atoms with E-state index in [0.717, 1.165) is 33.8 Å². The lowest BCUT2D eigenvalue weighted by atomic mass is 9.69. The molecule has 50 heavy (non-hydrogen) atoms. The molecular weight excluding hydrogens is 628 g/mol. The van der Waals surface area contributed by atoms with E-state index in [0.29, 0.717) is 11.1 Å². The lowest BCUT2D eigenvalue weighted by molar-refractivity contribution is -0.384. The molecule has 0 bridgehead atoms. The monoisotopic (exact) mass is 688 g/mol. The number of rotatable bonds is 9. The third-order valence-electron chi connectivity index (χ3n) is 9.35. The molecule has 274 valence electrons. The first-order chi connectivity index (χ1) is 22.7. The second kappa shape index (κ2) is 14.0. The van der Waals surface area contributed by atoms with Crippen LogP contribution in [0.1, 0.15) is 136 Å². The van der Waals surface area contributed by atoms with E-state index in [1.54, 1.807) is 14.2 Å². The fourth-order valence-corrected chi connectivity index (χ4v) is 6.56. The number of hydrogen-bond acceptors (Lipinski definition) is 7. The second-order valence-corrected chi connectivity index (χ2v) is 17.9. The molecule has 0 heterocycles. The average Bonchev–Trinajstić information content (AvgIpc) is 2.98. The van der Waals surface area contributed by atoms with Crippen LogP contribution in [0.3, 0.4) is 0 Å². The standard InChI is InChI=1S/C42H60N2O6/c1-25(2)37(43-24-26-19-29(44(47)48)17-18-34(26)45)42(46,27-20-30(38(3,4)5)35(49-15)31(21-27)39(6,7)8)28-22-32(40(9,10)11)36(50-16)33(23-28)41(12,13)14/h17-25,37,45-46H,1-16H3. The zero-order chi connectivity index (χ0) is 38.4. The van der Waals surface area contributed by atoms with E-state index in [1.807, 2.05) is 38.1 Å². The topological polar surface area (TPSA) is 114 Å². The molecule has 2 N–H and O–H groups in total. The molecule has 3 rings (SSSR count). The molecule has 0 saturated carbocycles. The Morgan fingerprint density at radius 3 is 1.34 bits per heavy atom. The summed E-state index contributed by atoms with van der Waals surface area (Å²) < 4.78 is 12.2. The first-order valence-electron chi connectivity index (χ1n) is 17.4. The first kappa shape index (κ1) is 40.5. The second-order valence-electron chi connectivity index (χ2n) is 17.9. The highest BCUT2D eigenvalue weighted by atomic mass is 16.6. The molecule has 0 saturated heterocycles. The molecule has 1 unspecified atom stereocenters. The number of phenols is 1. The zero-order valence-electron chi connectivity index (χ0n) is 33.2. The predicted octanol–water partition coefficient (Wildman–Crippen LogP) is 9.89. The number of non-ortho nitro benzene ring substituents is 1. The molecule has 0 radical (unpaired) electrons. The van der Waals surface area contributed by atoms with Gasteiger partial charge in [-0.3, -0.25) is 15.1 Å². The van der Waals surface area contributed by atoms with Gasteiger partial charge in [0.05, 0.1) is 25.2 Å². The summed E-state index contributed by atoms with van der Waals surface area (Å²) in [5.41, 5.74) is 2.01. The van der Waals surface area contributed by atoms with Crippen LogP contribution < -0.4 is 9.47 Å². The minimum absolute atomic E-state index is 0.144. The summed E-state index contributed by atoms with van der Waals surface area (Å²) in [5.74, 6) is 1.19. The Labute approximate surface area is 300 Å². The summed E-state index contributed by atoms with van der Waals surface area (Å²) in [5, 5.41) is 36.1. The minimum Gasteiger partial charge on any atom is -0.507 e. The van der Waals surface area contributed by atoms with E-state index >= 15 is 0 Å². The van der Waals surface area contributed by atoms with Crippen molar-refractivity contribution in [3.05, 3.63) is 91.5 Å². The molecule has 0 aromatic heterocycles. The summed E-state index contributed by atoms with van der Waals surface area (Å²) in [7, 11) is 3.38. The number of aliphatic imine (C=N–C) groups is 1. The van der Waals surface area contributed by atoms with Gasteiger partial charge in [-0.15, -0.1) is 0 Å². The average molecular weight is 689 g/mol. The van der Waals surface area contributed by atoms with Gasteiger partial charge in [0.2, 0.25) is 0 Å². The zero-order valence-corrected chi connectivity index (χ0v) is 33.2. The highest BCUT2D eigenvalue weighted by Gasteiger charge is 2.45. The summed E-state index contributed by atoms with van der Waals surface area (Å²) in [6, 6.07) is 11.2. The Balaban J connectivity index is 2.66. The number of benzene rings is 3. The molecule has 3 aromatic carbocycles. The maximum atomic E-state index is 13.8. The van der Waals surface area contributed by atoms with Crippen molar-refractivity contribution in [2.75, 3.05) is 14.2 Å². The number of methoxy groups -OCH3 is 2. The van der Waals surface area contributed by atoms with Gasteiger partial charge >= 0.3 is 0 Å². The molecule has 0 spiro atoms. The third-order valence-corrected chi connectivity index (χ3v) is 9.35.